The number of imide groups is 1. The monoisotopic (exact) mass is 276 g/mol. The van der Waals surface area contributed by atoms with Crippen molar-refractivity contribution in [2.75, 3.05) is 13.1 Å². The predicted octanol–water partition coefficient (Wildman–Crippen LogP) is 2.48. The lowest BCUT2D eigenvalue weighted by Crippen LogP contribution is -2.52. The standard InChI is InChI=1S/C15H20N2O3/c1-11(12-4-5-12)9-16-7-6-14(18)17(15(16)19)10-13-3-2-8-20-13/h2-3,8,11-12H,4-7,9-10H2,1H3. The van der Waals surface area contributed by atoms with Gasteiger partial charge in [-0.1, -0.05) is 6.92 Å². The molecule has 0 spiro atoms. The molecule has 1 aromatic rings. The molecule has 2 aliphatic rings. The van der Waals surface area contributed by atoms with Crippen molar-refractivity contribution >= 4 is 11.9 Å². The van der Waals surface area contributed by atoms with E-state index in [2.05, 4.69) is 6.92 Å². The van der Waals surface area contributed by atoms with Crippen molar-refractivity contribution in [3.8, 4) is 0 Å². The first-order valence-electron chi connectivity index (χ1n) is 7.27. The van der Waals surface area contributed by atoms with Crippen LogP contribution in [-0.4, -0.2) is 34.8 Å². The highest BCUT2D eigenvalue weighted by atomic mass is 16.3. The summed E-state index contributed by atoms with van der Waals surface area (Å²) in [7, 11) is 0. The minimum atomic E-state index is -0.176. The number of carbonyl (C=O) groups is 2. The minimum absolute atomic E-state index is 0.110. The molecule has 1 unspecified atom stereocenters. The second-order valence-corrected chi connectivity index (χ2v) is 5.85. The minimum Gasteiger partial charge on any atom is -0.467 e. The second kappa shape index (κ2) is 5.31. The molecule has 0 N–H and O–H groups in total. The fraction of sp³-hybridized carbons (Fsp3) is 0.600. The summed E-state index contributed by atoms with van der Waals surface area (Å²) in [5.41, 5.74) is 0. The molecule has 5 nitrogen and oxygen atoms in total. The van der Waals surface area contributed by atoms with E-state index in [1.165, 1.54) is 17.7 Å². The summed E-state index contributed by atoms with van der Waals surface area (Å²) in [6.45, 7) is 3.73. The smallest absolute Gasteiger partial charge is 0.327 e. The van der Waals surface area contributed by atoms with Gasteiger partial charge in [-0.25, -0.2) is 4.79 Å². The molecule has 3 rings (SSSR count). The summed E-state index contributed by atoms with van der Waals surface area (Å²) in [6, 6.07) is 3.37. The third kappa shape index (κ3) is 2.71. The highest BCUT2D eigenvalue weighted by molar-refractivity contribution is 5.96. The van der Waals surface area contributed by atoms with Crippen LogP contribution < -0.4 is 0 Å². The number of rotatable bonds is 5. The lowest BCUT2D eigenvalue weighted by atomic mass is 10.1. The maximum Gasteiger partial charge on any atom is 0.327 e. The van der Waals surface area contributed by atoms with E-state index < -0.39 is 0 Å². The molecular formula is C15H20N2O3. The molecule has 5 heteroatoms. The highest BCUT2D eigenvalue weighted by Crippen LogP contribution is 2.37. The molecule has 1 aliphatic carbocycles. The van der Waals surface area contributed by atoms with Gasteiger partial charge in [0, 0.05) is 19.5 Å². The molecule has 0 bridgehead atoms. The number of nitrogens with zero attached hydrogens (tertiary/aromatic N) is 2. The molecule has 1 atom stereocenters. The predicted molar refractivity (Wildman–Crippen MR) is 72.7 cm³/mol. The van der Waals surface area contributed by atoms with Gasteiger partial charge in [-0.15, -0.1) is 0 Å². The van der Waals surface area contributed by atoms with E-state index in [-0.39, 0.29) is 18.5 Å². The Morgan fingerprint density at radius 2 is 2.20 bits per heavy atom. The van der Waals surface area contributed by atoms with E-state index in [1.54, 1.807) is 18.4 Å². The van der Waals surface area contributed by atoms with Crippen molar-refractivity contribution in [3.63, 3.8) is 0 Å². The van der Waals surface area contributed by atoms with Gasteiger partial charge in [-0.05, 0) is 36.8 Å². The van der Waals surface area contributed by atoms with Crippen LogP contribution in [0.15, 0.2) is 22.8 Å². The zero-order valence-corrected chi connectivity index (χ0v) is 11.7. The number of urea groups is 1. The van der Waals surface area contributed by atoms with Crippen LogP contribution in [0.5, 0.6) is 0 Å². The van der Waals surface area contributed by atoms with Gasteiger partial charge < -0.3 is 9.32 Å². The first-order valence-corrected chi connectivity index (χ1v) is 7.27. The summed E-state index contributed by atoms with van der Waals surface area (Å²) in [6.07, 6.45) is 4.52. The molecule has 108 valence electrons. The SMILES string of the molecule is CC(CN1CCC(=O)N(Cc2ccco2)C1=O)C1CC1. The summed E-state index contributed by atoms with van der Waals surface area (Å²) in [4.78, 5) is 27.5. The maximum atomic E-state index is 12.4. The van der Waals surface area contributed by atoms with Gasteiger partial charge in [0.25, 0.3) is 0 Å². The Morgan fingerprint density at radius 1 is 1.40 bits per heavy atom. The zero-order chi connectivity index (χ0) is 14.1. The van der Waals surface area contributed by atoms with Crippen LogP contribution in [0.3, 0.4) is 0 Å². The van der Waals surface area contributed by atoms with Gasteiger partial charge in [0.05, 0.1) is 12.8 Å². The van der Waals surface area contributed by atoms with Crippen molar-refractivity contribution in [1.82, 2.24) is 9.80 Å². The molecule has 20 heavy (non-hydrogen) atoms. The Kier molecular flexibility index (Phi) is 3.51. The fourth-order valence-corrected chi connectivity index (χ4v) is 2.78. The molecule has 1 aromatic heterocycles. The highest BCUT2D eigenvalue weighted by Gasteiger charge is 2.36. The van der Waals surface area contributed by atoms with E-state index >= 15 is 0 Å². The molecule has 0 radical (unpaired) electrons. The fourth-order valence-electron chi connectivity index (χ4n) is 2.78. The summed E-state index contributed by atoms with van der Waals surface area (Å²) in [5.74, 6) is 1.82. The lowest BCUT2D eigenvalue weighted by Gasteiger charge is -2.35. The lowest BCUT2D eigenvalue weighted by molar-refractivity contribution is -0.131. The average Bonchev–Trinajstić information content (AvgIpc) is 3.16. The normalized spacial score (nSPS) is 21.4. The van der Waals surface area contributed by atoms with Crippen LogP contribution in [0, 0.1) is 11.8 Å². The Labute approximate surface area is 118 Å². The van der Waals surface area contributed by atoms with Crippen molar-refractivity contribution in [2.24, 2.45) is 11.8 Å². The van der Waals surface area contributed by atoms with Gasteiger partial charge in [0.15, 0.2) is 0 Å². The van der Waals surface area contributed by atoms with Crippen molar-refractivity contribution < 1.29 is 14.0 Å². The van der Waals surface area contributed by atoms with Crippen LogP contribution in [0.2, 0.25) is 0 Å². The zero-order valence-electron chi connectivity index (χ0n) is 11.7. The topological polar surface area (TPSA) is 53.8 Å². The first kappa shape index (κ1) is 13.2. The van der Waals surface area contributed by atoms with Gasteiger partial charge >= 0.3 is 6.03 Å². The number of carbonyl (C=O) groups excluding carboxylic acids is 2. The summed E-state index contributed by atoms with van der Waals surface area (Å²) < 4.78 is 5.23. The third-order valence-corrected chi connectivity index (χ3v) is 4.23. The number of hydrogen-bond acceptors (Lipinski definition) is 3. The molecular weight excluding hydrogens is 256 g/mol. The molecule has 3 amide bonds. The van der Waals surface area contributed by atoms with Crippen LogP contribution in [0.1, 0.15) is 31.9 Å². The molecule has 1 saturated heterocycles. The number of amides is 3. The Hall–Kier alpha value is -1.78. The molecule has 1 aliphatic heterocycles. The van der Waals surface area contributed by atoms with Crippen LogP contribution >= 0.6 is 0 Å². The molecule has 1 saturated carbocycles. The van der Waals surface area contributed by atoms with Crippen LogP contribution in [0.4, 0.5) is 4.79 Å². The van der Waals surface area contributed by atoms with Gasteiger partial charge in [0.1, 0.15) is 5.76 Å². The van der Waals surface area contributed by atoms with Crippen molar-refractivity contribution in [1.29, 1.82) is 0 Å². The average molecular weight is 276 g/mol. The van der Waals surface area contributed by atoms with Gasteiger partial charge in [-0.2, -0.15) is 0 Å². The molecule has 0 aromatic carbocycles. The van der Waals surface area contributed by atoms with Crippen molar-refractivity contribution in [2.45, 2.75) is 32.7 Å². The number of furan rings is 1. The maximum absolute atomic E-state index is 12.4. The molecule has 2 heterocycles. The van der Waals surface area contributed by atoms with Gasteiger partial charge in [-0.3, -0.25) is 9.69 Å². The number of hydrogen-bond donors (Lipinski definition) is 0. The Morgan fingerprint density at radius 3 is 2.85 bits per heavy atom. The molecule has 2 fully saturated rings. The van der Waals surface area contributed by atoms with E-state index in [1.807, 2.05) is 4.90 Å². The second-order valence-electron chi connectivity index (χ2n) is 5.85. The van der Waals surface area contributed by atoms with Crippen LogP contribution in [0.25, 0.3) is 0 Å². The quantitative estimate of drug-likeness (QED) is 0.830. The Balaban J connectivity index is 1.65. The van der Waals surface area contributed by atoms with E-state index in [9.17, 15) is 9.59 Å². The van der Waals surface area contributed by atoms with E-state index in [0.717, 1.165) is 12.5 Å². The van der Waals surface area contributed by atoms with Crippen molar-refractivity contribution in [3.05, 3.63) is 24.2 Å². The first-order chi connectivity index (χ1) is 9.65. The summed E-state index contributed by atoms with van der Waals surface area (Å²) >= 11 is 0. The Bertz CT molecular complexity index is 493. The van der Waals surface area contributed by atoms with Crippen LogP contribution in [-0.2, 0) is 11.3 Å². The van der Waals surface area contributed by atoms with E-state index in [4.69, 9.17) is 4.42 Å². The summed E-state index contributed by atoms with van der Waals surface area (Å²) in [5, 5.41) is 0. The van der Waals surface area contributed by atoms with Gasteiger partial charge in [0.2, 0.25) is 5.91 Å². The van der Waals surface area contributed by atoms with E-state index in [0.29, 0.717) is 24.6 Å². The third-order valence-electron chi connectivity index (χ3n) is 4.23. The largest absolute Gasteiger partial charge is 0.467 e.